The first kappa shape index (κ1) is 17.8. The van der Waals surface area contributed by atoms with Gasteiger partial charge in [0.05, 0.1) is 11.4 Å². The fraction of sp³-hybridized carbons (Fsp3) is 0.118. The summed E-state index contributed by atoms with van der Waals surface area (Å²) in [5.74, 6) is 0. The second kappa shape index (κ2) is 6.35. The number of nitriles is 1. The van der Waals surface area contributed by atoms with Gasteiger partial charge in [-0.1, -0.05) is 17.7 Å². The van der Waals surface area contributed by atoms with Crippen LogP contribution in [0.1, 0.15) is 11.3 Å². The summed E-state index contributed by atoms with van der Waals surface area (Å²) in [6.45, 7) is 0. The number of rotatable bonds is 2. The SMILES string of the molecule is CNc1c(C#N)c(=O)n(-c2cccc(Cl)c2)c2nc(C(F)(F)F)ccc12. The molecule has 0 unspecified atom stereocenters. The molecule has 9 heteroatoms. The van der Waals surface area contributed by atoms with E-state index in [2.05, 4.69) is 10.3 Å². The summed E-state index contributed by atoms with van der Waals surface area (Å²) in [6, 6.07) is 9.78. The highest BCUT2D eigenvalue weighted by atomic mass is 35.5. The summed E-state index contributed by atoms with van der Waals surface area (Å²) in [7, 11) is 1.47. The van der Waals surface area contributed by atoms with Crippen molar-refractivity contribution in [3.63, 3.8) is 0 Å². The lowest BCUT2D eigenvalue weighted by molar-refractivity contribution is -0.141. The van der Waals surface area contributed by atoms with Crippen LogP contribution in [0.15, 0.2) is 41.2 Å². The zero-order valence-electron chi connectivity index (χ0n) is 13.2. The van der Waals surface area contributed by atoms with Crippen LogP contribution in [0.4, 0.5) is 18.9 Å². The Labute approximate surface area is 150 Å². The fourth-order valence-electron chi connectivity index (χ4n) is 2.64. The molecule has 1 aromatic carbocycles. The smallest absolute Gasteiger partial charge is 0.386 e. The van der Waals surface area contributed by atoms with E-state index in [0.717, 1.165) is 10.6 Å². The molecule has 0 aliphatic heterocycles. The highest BCUT2D eigenvalue weighted by Gasteiger charge is 2.33. The van der Waals surface area contributed by atoms with Crippen LogP contribution in [0.3, 0.4) is 0 Å². The van der Waals surface area contributed by atoms with E-state index in [9.17, 15) is 23.2 Å². The van der Waals surface area contributed by atoms with Crippen LogP contribution in [-0.2, 0) is 6.18 Å². The maximum atomic E-state index is 13.1. The minimum absolute atomic E-state index is 0.118. The van der Waals surface area contributed by atoms with Gasteiger partial charge in [0, 0.05) is 17.5 Å². The maximum absolute atomic E-state index is 13.1. The zero-order chi connectivity index (χ0) is 19.1. The van der Waals surface area contributed by atoms with Gasteiger partial charge in [-0.05, 0) is 30.3 Å². The Morgan fingerprint density at radius 2 is 2.00 bits per heavy atom. The van der Waals surface area contributed by atoms with Crippen LogP contribution >= 0.6 is 11.6 Å². The van der Waals surface area contributed by atoms with E-state index in [0.29, 0.717) is 0 Å². The largest absolute Gasteiger partial charge is 0.433 e. The molecule has 0 aliphatic carbocycles. The Hall–Kier alpha value is -3.05. The van der Waals surface area contributed by atoms with Crippen LogP contribution in [0.25, 0.3) is 16.7 Å². The van der Waals surface area contributed by atoms with E-state index in [1.165, 1.54) is 25.2 Å². The molecule has 26 heavy (non-hydrogen) atoms. The Kier molecular flexibility index (Phi) is 4.34. The molecule has 0 fully saturated rings. The van der Waals surface area contributed by atoms with Crippen LogP contribution in [-0.4, -0.2) is 16.6 Å². The third-order valence-electron chi connectivity index (χ3n) is 3.74. The monoisotopic (exact) mass is 378 g/mol. The summed E-state index contributed by atoms with van der Waals surface area (Å²) in [5, 5.41) is 12.6. The summed E-state index contributed by atoms with van der Waals surface area (Å²) in [6.07, 6.45) is -4.68. The minimum Gasteiger partial charge on any atom is -0.386 e. The minimum atomic E-state index is -4.68. The predicted octanol–water partition coefficient (Wildman–Crippen LogP) is 3.97. The van der Waals surface area contributed by atoms with E-state index in [1.807, 2.05) is 0 Å². The standard InChI is InChI=1S/C17H10ClF3N4O/c1-23-14-11-5-6-13(17(19,20)21)24-15(11)25(16(26)12(14)8-22)10-4-2-3-9(18)7-10/h2-7,23H,1H3. The Bertz CT molecular complexity index is 1120. The van der Waals surface area contributed by atoms with Crippen molar-refractivity contribution in [2.75, 3.05) is 12.4 Å². The molecule has 3 rings (SSSR count). The second-order valence-electron chi connectivity index (χ2n) is 5.30. The van der Waals surface area contributed by atoms with E-state index in [-0.39, 0.29) is 33.0 Å². The number of hydrogen-bond donors (Lipinski definition) is 1. The van der Waals surface area contributed by atoms with E-state index in [1.54, 1.807) is 18.2 Å². The van der Waals surface area contributed by atoms with Gasteiger partial charge in [-0.25, -0.2) is 4.98 Å². The average molecular weight is 379 g/mol. The van der Waals surface area contributed by atoms with Gasteiger partial charge in [0.15, 0.2) is 0 Å². The first-order chi connectivity index (χ1) is 12.3. The number of halogens is 4. The van der Waals surface area contributed by atoms with Gasteiger partial charge < -0.3 is 5.32 Å². The number of nitrogens with one attached hydrogen (secondary N) is 1. The molecule has 0 aliphatic rings. The van der Waals surface area contributed by atoms with E-state index in [4.69, 9.17) is 11.6 Å². The molecule has 1 N–H and O–H groups in total. The van der Waals surface area contributed by atoms with E-state index < -0.39 is 17.4 Å². The van der Waals surface area contributed by atoms with Gasteiger partial charge in [0.2, 0.25) is 0 Å². The third kappa shape index (κ3) is 2.86. The highest BCUT2D eigenvalue weighted by Crippen LogP contribution is 2.32. The molecule has 0 amide bonds. The van der Waals surface area contributed by atoms with Gasteiger partial charge in [0.25, 0.3) is 5.56 Å². The zero-order valence-corrected chi connectivity index (χ0v) is 14.0. The van der Waals surface area contributed by atoms with Crippen molar-refractivity contribution in [3.05, 3.63) is 63.0 Å². The highest BCUT2D eigenvalue weighted by molar-refractivity contribution is 6.30. The summed E-state index contributed by atoms with van der Waals surface area (Å²) in [5.41, 5.74) is -2.08. The molecule has 2 aromatic heterocycles. The van der Waals surface area contributed by atoms with E-state index >= 15 is 0 Å². The number of benzene rings is 1. The lowest BCUT2D eigenvalue weighted by Gasteiger charge is -2.16. The quantitative estimate of drug-likeness (QED) is 0.732. The number of anilines is 1. The molecule has 3 aromatic rings. The maximum Gasteiger partial charge on any atom is 0.433 e. The second-order valence-corrected chi connectivity index (χ2v) is 5.73. The van der Waals surface area contributed by atoms with Crippen molar-refractivity contribution in [3.8, 4) is 11.8 Å². The molecular formula is C17H10ClF3N4O. The Balaban J connectivity index is 2.54. The van der Waals surface area contributed by atoms with Gasteiger partial charge in [-0.2, -0.15) is 18.4 Å². The van der Waals surface area contributed by atoms with Crippen LogP contribution in [0.5, 0.6) is 0 Å². The predicted molar refractivity (Wildman–Crippen MR) is 91.6 cm³/mol. The molecule has 0 spiro atoms. The molecule has 132 valence electrons. The fourth-order valence-corrected chi connectivity index (χ4v) is 2.82. The molecule has 5 nitrogen and oxygen atoms in total. The number of nitrogens with zero attached hydrogens (tertiary/aromatic N) is 3. The Morgan fingerprint density at radius 3 is 2.58 bits per heavy atom. The van der Waals surface area contributed by atoms with Gasteiger partial charge >= 0.3 is 6.18 Å². The van der Waals surface area contributed by atoms with Crippen molar-refractivity contribution in [2.45, 2.75) is 6.18 Å². The van der Waals surface area contributed by atoms with Crippen LogP contribution in [0, 0.1) is 11.3 Å². The number of alkyl halides is 3. The van der Waals surface area contributed by atoms with Crippen LogP contribution in [0.2, 0.25) is 5.02 Å². The molecule has 0 radical (unpaired) electrons. The van der Waals surface area contributed by atoms with Crippen molar-refractivity contribution in [1.82, 2.24) is 9.55 Å². The number of pyridine rings is 2. The number of fused-ring (bicyclic) bond motifs is 1. The van der Waals surface area contributed by atoms with Gasteiger partial charge in [0.1, 0.15) is 23.0 Å². The van der Waals surface area contributed by atoms with Crippen molar-refractivity contribution in [1.29, 1.82) is 5.26 Å². The molecule has 0 bridgehead atoms. The lowest BCUT2D eigenvalue weighted by atomic mass is 10.1. The molecule has 0 saturated heterocycles. The number of hydrogen-bond acceptors (Lipinski definition) is 4. The summed E-state index contributed by atoms with van der Waals surface area (Å²) in [4.78, 5) is 16.4. The third-order valence-corrected chi connectivity index (χ3v) is 3.98. The average Bonchev–Trinajstić information content (AvgIpc) is 2.59. The van der Waals surface area contributed by atoms with Crippen molar-refractivity contribution >= 4 is 28.3 Å². The molecule has 2 heterocycles. The van der Waals surface area contributed by atoms with Crippen LogP contribution < -0.4 is 10.9 Å². The van der Waals surface area contributed by atoms with Gasteiger partial charge in [-0.3, -0.25) is 9.36 Å². The topological polar surface area (TPSA) is 70.7 Å². The molecule has 0 saturated carbocycles. The normalized spacial score (nSPS) is 11.4. The lowest BCUT2D eigenvalue weighted by Crippen LogP contribution is -2.24. The summed E-state index contributed by atoms with van der Waals surface area (Å²) >= 11 is 5.94. The Morgan fingerprint density at radius 1 is 1.27 bits per heavy atom. The van der Waals surface area contributed by atoms with Gasteiger partial charge in [-0.15, -0.1) is 0 Å². The first-order valence-corrected chi connectivity index (χ1v) is 7.66. The first-order valence-electron chi connectivity index (χ1n) is 7.28. The summed E-state index contributed by atoms with van der Waals surface area (Å²) < 4.78 is 40.3. The molecular weight excluding hydrogens is 369 g/mol. The molecule has 0 atom stereocenters. The van der Waals surface area contributed by atoms with Crippen molar-refractivity contribution in [2.24, 2.45) is 0 Å². The van der Waals surface area contributed by atoms with Crippen molar-refractivity contribution < 1.29 is 13.2 Å². The number of aromatic nitrogens is 2.